The van der Waals surface area contributed by atoms with E-state index in [1.165, 1.54) is 33.4 Å². The van der Waals surface area contributed by atoms with Crippen molar-refractivity contribution < 1.29 is 18.9 Å². The smallest absolute Gasteiger partial charge is 0.127 e. The molecule has 2 aliphatic heterocycles. The maximum atomic E-state index is 6.71. The molecule has 0 amide bonds. The van der Waals surface area contributed by atoms with Crippen LogP contribution < -0.4 is 9.47 Å². The second kappa shape index (κ2) is 12.6. The average molecular weight is 537 g/mol. The van der Waals surface area contributed by atoms with Crippen LogP contribution in [0.25, 0.3) is 0 Å². The van der Waals surface area contributed by atoms with Gasteiger partial charge in [0.25, 0.3) is 0 Å². The molecule has 4 nitrogen and oxygen atoms in total. The van der Waals surface area contributed by atoms with E-state index in [0.717, 1.165) is 44.0 Å². The zero-order valence-corrected chi connectivity index (χ0v) is 26.1. The van der Waals surface area contributed by atoms with Crippen molar-refractivity contribution in [2.24, 2.45) is 0 Å². The number of benzene rings is 2. The minimum Gasteiger partial charge on any atom is -0.487 e. The van der Waals surface area contributed by atoms with Crippen LogP contribution in [0, 0.1) is 0 Å². The number of hydrogen-bond acceptors (Lipinski definition) is 4. The molecular weight excluding hydrogens is 484 g/mol. The highest BCUT2D eigenvalue weighted by Crippen LogP contribution is 2.41. The Bertz CT molecular complexity index is 962. The molecule has 0 N–H and O–H groups in total. The Balaban J connectivity index is 1.73. The summed E-state index contributed by atoms with van der Waals surface area (Å²) < 4.78 is 24.7. The van der Waals surface area contributed by atoms with Crippen LogP contribution in [0.2, 0.25) is 0 Å². The van der Waals surface area contributed by atoms with Crippen LogP contribution in [0.5, 0.6) is 11.5 Å². The van der Waals surface area contributed by atoms with Crippen molar-refractivity contribution in [2.75, 3.05) is 13.2 Å². The summed E-state index contributed by atoms with van der Waals surface area (Å²) in [6.45, 7) is 24.2. The van der Waals surface area contributed by atoms with Crippen molar-refractivity contribution in [1.82, 2.24) is 0 Å². The fourth-order valence-corrected chi connectivity index (χ4v) is 5.59. The van der Waals surface area contributed by atoms with Crippen LogP contribution in [0.15, 0.2) is 24.3 Å². The van der Waals surface area contributed by atoms with Gasteiger partial charge in [-0.25, -0.2) is 0 Å². The molecule has 2 heterocycles. The molecule has 0 radical (unpaired) electrons. The molecule has 0 spiro atoms. The van der Waals surface area contributed by atoms with Gasteiger partial charge in [0.1, 0.15) is 35.9 Å². The quantitative estimate of drug-likeness (QED) is 0.226. The Labute approximate surface area is 237 Å². The number of epoxide rings is 2. The molecule has 2 fully saturated rings. The second-order valence-corrected chi connectivity index (χ2v) is 12.9. The van der Waals surface area contributed by atoms with Crippen LogP contribution >= 0.6 is 0 Å². The van der Waals surface area contributed by atoms with Crippen LogP contribution in [0.3, 0.4) is 0 Å². The summed E-state index contributed by atoms with van der Waals surface area (Å²) in [6, 6.07) is 9.55. The molecule has 0 aliphatic carbocycles. The van der Waals surface area contributed by atoms with Gasteiger partial charge in [-0.05, 0) is 76.3 Å². The molecule has 4 atom stereocenters. The van der Waals surface area contributed by atoms with Crippen LogP contribution in [-0.2, 0) is 15.9 Å². The zero-order chi connectivity index (χ0) is 28.4. The number of hydrogen-bond donors (Lipinski definition) is 0. The third-order valence-electron chi connectivity index (χ3n) is 8.20. The van der Waals surface area contributed by atoms with Gasteiger partial charge in [-0.15, -0.1) is 0 Å². The minimum atomic E-state index is 0.119. The minimum absolute atomic E-state index is 0.119. The third-order valence-corrected chi connectivity index (χ3v) is 8.20. The summed E-state index contributed by atoms with van der Waals surface area (Å²) in [6.07, 6.45) is 3.51. The van der Waals surface area contributed by atoms with Crippen LogP contribution in [-0.4, -0.2) is 37.6 Å². The van der Waals surface area contributed by atoms with E-state index >= 15 is 0 Å². The molecule has 2 saturated heterocycles. The molecule has 4 rings (SSSR count). The molecule has 4 heteroatoms. The lowest BCUT2D eigenvalue weighted by molar-refractivity contribution is 0.151. The molecule has 2 aliphatic rings. The molecule has 216 valence electrons. The molecule has 0 bridgehead atoms. The molecule has 0 saturated carbocycles. The summed E-state index contributed by atoms with van der Waals surface area (Å²) in [5.41, 5.74) is 7.91. The summed E-state index contributed by atoms with van der Waals surface area (Å²) in [5, 5.41) is 0. The van der Waals surface area contributed by atoms with Crippen molar-refractivity contribution in [3.05, 3.63) is 57.6 Å². The molecule has 2 aromatic rings. The van der Waals surface area contributed by atoms with E-state index < -0.39 is 0 Å². The predicted octanol–water partition coefficient (Wildman–Crippen LogP) is 8.88. The first-order valence-corrected chi connectivity index (χ1v) is 15.4. The van der Waals surface area contributed by atoms with E-state index in [1.807, 2.05) is 0 Å². The summed E-state index contributed by atoms with van der Waals surface area (Å²) in [7, 11) is 0. The van der Waals surface area contributed by atoms with E-state index in [9.17, 15) is 0 Å². The van der Waals surface area contributed by atoms with Gasteiger partial charge in [-0.1, -0.05) is 93.5 Å². The zero-order valence-electron chi connectivity index (χ0n) is 26.1. The van der Waals surface area contributed by atoms with Crippen molar-refractivity contribution in [3.63, 3.8) is 0 Å². The SMILES string of the molecule is CCC(Oc1c(C(C)C)cc(Cc2cc(C(C)C)c(OC(CC)C3CO3)c(C(C)C)c2)cc1C(C)C)C1CO1. The summed E-state index contributed by atoms with van der Waals surface area (Å²) in [4.78, 5) is 0. The summed E-state index contributed by atoms with van der Waals surface area (Å²) in [5.74, 6) is 3.65. The first-order chi connectivity index (χ1) is 18.5. The Hall–Kier alpha value is -2.04. The van der Waals surface area contributed by atoms with Crippen molar-refractivity contribution >= 4 is 0 Å². The van der Waals surface area contributed by atoms with Gasteiger partial charge < -0.3 is 18.9 Å². The normalized spacial score (nSPS) is 20.2. The summed E-state index contributed by atoms with van der Waals surface area (Å²) >= 11 is 0. The lowest BCUT2D eigenvalue weighted by Crippen LogP contribution is -2.24. The van der Waals surface area contributed by atoms with Gasteiger partial charge in [0.2, 0.25) is 0 Å². The monoisotopic (exact) mass is 536 g/mol. The fraction of sp³-hybridized carbons (Fsp3) is 0.657. The lowest BCUT2D eigenvalue weighted by Gasteiger charge is -2.26. The highest BCUT2D eigenvalue weighted by Gasteiger charge is 2.35. The van der Waals surface area contributed by atoms with Gasteiger partial charge in [0, 0.05) is 0 Å². The first-order valence-electron chi connectivity index (χ1n) is 15.4. The molecule has 0 aromatic heterocycles. The largest absolute Gasteiger partial charge is 0.487 e. The number of ether oxygens (including phenoxy) is 4. The van der Waals surface area contributed by atoms with Crippen LogP contribution in [0.1, 0.15) is 139 Å². The van der Waals surface area contributed by atoms with E-state index in [-0.39, 0.29) is 24.4 Å². The highest BCUT2D eigenvalue weighted by molar-refractivity contribution is 5.52. The molecular formula is C35H52O4. The van der Waals surface area contributed by atoms with E-state index in [4.69, 9.17) is 18.9 Å². The Kier molecular flexibility index (Phi) is 9.70. The topological polar surface area (TPSA) is 43.5 Å². The molecule has 2 aromatic carbocycles. The maximum absolute atomic E-state index is 6.71. The lowest BCUT2D eigenvalue weighted by atomic mass is 9.87. The Morgan fingerprint density at radius 3 is 1.08 bits per heavy atom. The van der Waals surface area contributed by atoms with E-state index in [2.05, 4.69) is 93.5 Å². The average Bonchev–Trinajstić information content (AvgIpc) is 3.79. The predicted molar refractivity (Wildman–Crippen MR) is 161 cm³/mol. The fourth-order valence-electron chi connectivity index (χ4n) is 5.59. The maximum Gasteiger partial charge on any atom is 0.127 e. The van der Waals surface area contributed by atoms with Gasteiger partial charge in [-0.3, -0.25) is 0 Å². The van der Waals surface area contributed by atoms with Crippen molar-refractivity contribution in [3.8, 4) is 11.5 Å². The van der Waals surface area contributed by atoms with Crippen LogP contribution in [0.4, 0.5) is 0 Å². The van der Waals surface area contributed by atoms with E-state index in [1.54, 1.807) is 0 Å². The third kappa shape index (κ3) is 7.19. The second-order valence-electron chi connectivity index (χ2n) is 12.9. The Morgan fingerprint density at radius 1 is 0.590 bits per heavy atom. The molecule has 4 unspecified atom stereocenters. The van der Waals surface area contributed by atoms with Gasteiger partial charge >= 0.3 is 0 Å². The van der Waals surface area contributed by atoms with Gasteiger partial charge in [0.15, 0.2) is 0 Å². The van der Waals surface area contributed by atoms with E-state index in [0.29, 0.717) is 23.7 Å². The number of rotatable bonds is 14. The van der Waals surface area contributed by atoms with Gasteiger partial charge in [-0.2, -0.15) is 0 Å². The first kappa shape index (κ1) is 29.9. The Morgan fingerprint density at radius 2 is 0.872 bits per heavy atom. The standard InChI is InChI=1S/C35H52O4/c1-11-30(32-18-36-32)38-34-26(20(3)4)14-24(15-27(34)21(5)6)13-25-16-28(22(7)8)35(29(17-25)23(9)10)39-31(12-2)33-19-37-33/h14-17,20-23,30-33H,11-13,18-19H2,1-10H3. The highest BCUT2D eigenvalue weighted by atomic mass is 16.6. The van der Waals surface area contributed by atoms with Gasteiger partial charge in [0.05, 0.1) is 13.2 Å². The van der Waals surface area contributed by atoms with Crippen molar-refractivity contribution in [1.29, 1.82) is 0 Å². The molecule has 39 heavy (non-hydrogen) atoms. The van der Waals surface area contributed by atoms with Crippen molar-refractivity contribution in [2.45, 2.75) is 137 Å².